The minimum atomic E-state index is -0.528. The van der Waals surface area contributed by atoms with E-state index in [1.165, 1.54) is 4.68 Å². The van der Waals surface area contributed by atoms with Gasteiger partial charge in [-0.25, -0.2) is 14.3 Å². The summed E-state index contributed by atoms with van der Waals surface area (Å²) in [6.45, 7) is 6.58. The SMILES string of the molecule is COc1ccc(-n2[nH]c(C3CCN(C(=O)OC(C)(C)C)C3)nc2=O)cc1. The number of H-pyrrole nitrogens is 1. The van der Waals surface area contributed by atoms with Gasteiger partial charge in [0.05, 0.1) is 12.8 Å². The number of amides is 1. The summed E-state index contributed by atoms with van der Waals surface area (Å²) in [5.74, 6) is 1.27. The summed E-state index contributed by atoms with van der Waals surface area (Å²) in [4.78, 5) is 30.2. The lowest BCUT2D eigenvalue weighted by atomic mass is 10.1. The summed E-state index contributed by atoms with van der Waals surface area (Å²) in [5, 5.41) is 3.06. The van der Waals surface area contributed by atoms with Gasteiger partial charge in [0.1, 0.15) is 17.2 Å². The Kier molecular flexibility index (Phi) is 4.76. The van der Waals surface area contributed by atoms with Crippen LogP contribution in [-0.4, -0.2) is 51.6 Å². The van der Waals surface area contributed by atoms with Gasteiger partial charge in [-0.2, -0.15) is 4.98 Å². The van der Waals surface area contributed by atoms with Crippen LogP contribution >= 0.6 is 0 Å². The quantitative estimate of drug-likeness (QED) is 0.907. The van der Waals surface area contributed by atoms with Crippen molar-refractivity contribution in [1.29, 1.82) is 0 Å². The van der Waals surface area contributed by atoms with E-state index in [1.54, 1.807) is 36.3 Å². The molecule has 0 bridgehead atoms. The molecule has 1 aromatic carbocycles. The molecule has 0 aliphatic carbocycles. The van der Waals surface area contributed by atoms with Gasteiger partial charge in [-0.05, 0) is 51.5 Å². The van der Waals surface area contributed by atoms with Crippen LogP contribution in [0.5, 0.6) is 5.75 Å². The molecule has 1 aliphatic rings. The van der Waals surface area contributed by atoms with Crippen molar-refractivity contribution in [2.24, 2.45) is 0 Å². The third-order valence-electron chi connectivity index (χ3n) is 4.19. The van der Waals surface area contributed by atoms with Gasteiger partial charge in [0.2, 0.25) is 0 Å². The number of benzene rings is 1. The standard InChI is InChI=1S/C18H24N4O4/c1-18(2,3)26-17(24)21-10-9-12(11-21)15-19-16(23)22(20-15)13-5-7-14(25-4)8-6-13/h5-8,12H,9-11H2,1-4H3,(H,19,20,23). The van der Waals surface area contributed by atoms with Crippen molar-refractivity contribution in [2.75, 3.05) is 20.2 Å². The topological polar surface area (TPSA) is 89.4 Å². The lowest BCUT2D eigenvalue weighted by Crippen LogP contribution is -2.35. The summed E-state index contributed by atoms with van der Waals surface area (Å²) in [6, 6.07) is 7.12. The van der Waals surface area contributed by atoms with Gasteiger partial charge in [0.25, 0.3) is 0 Å². The highest BCUT2D eigenvalue weighted by Crippen LogP contribution is 2.26. The Balaban J connectivity index is 1.73. The van der Waals surface area contributed by atoms with Gasteiger partial charge in [-0.1, -0.05) is 0 Å². The molecule has 1 amide bonds. The van der Waals surface area contributed by atoms with Gasteiger partial charge in [-0.3, -0.25) is 5.10 Å². The molecule has 1 N–H and O–H groups in total. The summed E-state index contributed by atoms with van der Waals surface area (Å²) >= 11 is 0. The average Bonchev–Trinajstić information content (AvgIpc) is 3.20. The van der Waals surface area contributed by atoms with Crippen LogP contribution in [0.4, 0.5) is 4.79 Å². The first-order chi connectivity index (χ1) is 12.3. The second kappa shape index (κ2) is 6.86. The van der Waals surface area contributed by atoms with Gasteiger partial charge in [-0.15, -0.1) is 0 Å². The van der Waals surface area contributed by atoms with E-state index in [4.69, 9.17) is 9.47 Å². The minimum absolute atomic E-state index is 0.0188. The predicted molar refractivity (Wildman–Crippen MR) is 95.9 cm³/mol. The molecule has 140 valence electrons. The zero-order chi connectivity index (χ0) is 18.9. The molecule has 1 saturated heterocycles. The van der Waals surface area contributed by atoms with Crippen molar-refractivity contribution in [1.82, 2.24) is 19.7 Å². The molecule has 3 rings (SSSR count). The van der Waals surface area contributed by atoms with Crippen molar-refractivity contribution >= 4 is 6.09 Å². The molecule has 2 aromatic rings. The number of aromatic nitrogens is 3. The zero-order valence-electron chi connectivity index (χ0n) is 15.5. The molecule has 1 aliphatic heterocycles. The number of aromatic amines is 1. The molecular weight excluding hydrogens is 336 g/mol. The van der Waals surface area contributed by atoms with Gasteiger partial charge >= 0.3 is 11.8 Å². The van der Waals surface area contributed by atoms with E-state index in [1.807, 2.05) is 20.8 Å². The van der Waals surface area contributed by atoms with Gasteiger partial charge in [0, 0.05) is 19.0 Å². The number of hydrogen-bond donors (Lipinski definition) is 1. The third-order valence-corrected chi connectivity index (χ3v) is 4.19. The Morgan fingerprint density at radius 1 is 1.27 bits per heavy atom. The van der Waals surface area contributed by atoms with E-state index in [0.29, 0.717) is 30.4 Å². The van der Waals surface area contributed by atoms with Crippen LogP contribution in [0.15, 0.2) is 29.1 Å². The van der Waals surface area contributed by atoms with Crippen molar-refractivity contribution in [3.05, 3.63) is 40.6 Å². The first-order valence-electron chi connectivity index (χ1n) is 8.58. The van der Waals surface area contributed by atoms with Crippen LogP contribution in [0, 0.1) is 0 Å². The number of nitrogens with one attached hydrogen (secondary N) is 1. The third kappa shape index (κ3) is 3.89. The number of carbonyl (C=O) groups is 1. The molecule has 1 atom stereocenters. The molecule has 8 nitrogen and oxygen atoms in total. The number of nitrogens with zero attached hydrogens (tertiary/aromatic N) is 3. The molecule has 0 radical (unpaired) electrons. The summed E-state index contributed by atoms with van der Waals surface area (Å²) < 4.78 is 11.9. The highest BCUT2D eigenvalue weighted by molar-refractivity contribution is 5.68. The largest absolute Gasteiger partial charge is 0.497 e. The molecule has 1 unspecified atom stereocenters. The van der Waals surface area contributed by atoms with E-state index in [-0.39, 0.29) is 17.7 Å². The van der Waals surface area contributed by atoms with Crippen LogP contribution in [0.2, 0.25) is 0 Å². The Bertz CT molecular complexity index is 832. The molecule has 2 heterocycles. The summed E-state index contributed by atoms with van der Waals surface area (Å²) in [5.41, 5.74) is -0.225. The van der Waals surface area contributed by atoms with E-state index < -0.39 is 5.60 Å². The first-order valence-corrected chi connectivity index (χ1v) is 8.58. The van der Waals surface area contributed by atoms with Crippen LogP contribution in [-0.2, 0) is 4.74 Å². The maximum atomic E-state index is 12.2. The lowest BCUT2D eigenvalue weighted by molar-refractivity contribution is 0.0292. The lowest BCUT2D eigenvalue weighted by Gasteiger charge is -2.24. The van der Waals surface area contributed by atoms with Gasteiger partial charge in [0.15, 0.2) is 0 Å². The Morgan fingerprint density at radius 3 is 2.58 bits per heavy atom. The number of ether oxygens (including phenoxy) is 2. The summed E-state index contributed by atoms with van der Waals surface area (Å²) in [7, 11) is 1.59. The maximum Gasteiger partial charge on any atom is 0.410 e. The van der Waals surface area contributed by atoms with Crippen molar-refractivity contribution in [2.45, 2.75) is 38.7 Å². The normalized spacial score (nSPS) is 17.4. The molecule has 8 heteroatoms. The Hall–Kier alpha value is -2.77. The molecule has 26 heavy (non-hydrogen) atoms. The second-order valence-electron chi connectivity index (χ2n) is 7.34. The van der Waals surface area contributed by atoms with E-state index in [0.717, 1.165) is 6.42 Å². The maximum absolute atomic E-state index is 12.2. The fourth-order valence-electron chi connectivity index (χ4n) is 2.91. The molecular formula is C18H24N4O4. The summed E-state index contributed by atoms with van der Waals surface area (Å²) in [6.07, 6.45) is 0.395. The van der Waals surface area contributed by atoms with Crippen LogP contribution in [0.25, 0.3) is 5.69 Å². The fraction of sp³-hybridized carbons (Fsp3) is 0.500. The van der Waals surface area contributed by atoms with Crippen molar-refractivity contribution in [3.8, 4) is 11.4 Å². The van der Waals surface area contributed by atoms with E-state index >= 15 is 0 Å². The van der Waals surface area contributed by atoms with E-state index in [2.05, 4.69) is 10.1 Å². The molecule has 1 fully saturated rings. The first kappa shape index (κ1) is 18.0. The predicted octanol–water partition coefficient (Wildman–Crippen LogP) is 2.29. The van der Waals surface area contributed by atoms with Gasteiger partial charge < -0.3 is 14.4 Å². The van der Waals surface area contributed by atoms with Crippen LogP contribution < -0.4 is 10.4 Å². The molecule has 0 spiro atoms. The monoisotopic (exact) mass is 360 g/mol. The average molecular weight is 360 g/mol. The number of likely N-dealkylation sites (tertiary alicyclic amines) is 1. The highest BCUT2D eigenvalue weighted by atomic mass is 16.6. The number of hydrogen-bond acceptors (Lipinski definition) is 5. The molecule has 1 aromatic heterocycles. The smallest absolute Gasteiger partial charge is 0.410 e. The zero-order valence-corrected chi connectivity index (χ0v) is 15.5. The number of rotatable bonds is 3. The molecule has 0 saturated carbocycles. The van der Waals surface area contributed by atoms with Crippen molar-refractivity contribution < 1.29 is 14.3 Å². The van der Waals surface area contributed by atoms with Crippen LogP contribution in [0.1, 0.15) is 38.9 Å². The number of carbonyl (C=O) groups excluding carboxylic acids is 1. The van der Waals surface area contributed by atoms with Crippen LogP contribution in [0.3, 0.4) is 0 Å². The Labute approximate surface area is 151 Å². The van der Waals surface area contributed by atoms with Crippen molar-refractivity contribution in [3.63, 3.8) is 0 Å². The minimum Gasteiger partial charge on any atom is -0.497 e. The second-order valence-corrected chi connectivity index (χ2v) is 7.34. The number of methoxy groups -OCH3 is 1. The fourth-order valence-corrected chi connectivity index (χ4v) is 2.91. The Morgan fingerprint density at radius 2 is 1.96 bits per heavy atom. The van der Waals surface area contributed by atoms with E-state index in [9.17, 15) is 9.59 Å². The highest BCUT2D eigenvalue weighted by Gasteiger charge is 2.32.